The van der Waals surface area contributed by atoms with E-state index in [0.717, 1.165) is 4.90 Å². The van der Waals surface area contributed by atoms with Crippen LogP contribution in [0.15, 0.2) is 23.1 Å². The molecule has 1 aromatic carbocycles. The van der Waals surface area contributed by atoms with Crippen molar-refractivity contribution in [1.29, 1.82) is 0 Å². The average molecular weight is 226 g/mol. The molecule has 0 spiro atoms. The van der Waals surface area contributed by atoms with Gasteiger partial charge in [-0.25, -0.2) is 4.39 Å². The molecule has 0 heterocycles. The minimum absolute atomic E-state index is 0.0157. The van der Waals surface area contributed by atoms with Gasteiger partial charge in [-0.2, -0.15) is 0 Å². The summed E-state index contributed by atoms with van der Waals surface area (Å²) < 4.78 is 13.2. The van der Waals surface area contributed by atoms with Crippen LogP contribution in [0.2, 0.25) is 0 Å². The van der Waals surface area contributed by atoms with Gasteiger partial charge < -0.3 is 0 Å². The van der Waals surface area contributed by atoms with E-state index in [1.165, 1.54) is 19.1 Å². The van der Waals surface area contributed by atoms with Crippen molar-refractivity contribution in [3.8, 4) is 0 Å². The molecule has 0 saturated carbocycles. The molecule has 0 radical (unpaired) electrons. The van der Waals surface area contributed by atoms with E-state index in [4.69, 9.17) is 0 Å². The third kappa shape index (κ3) is 4.04. The van der Waals surface area contributed by atoms with Crippen molar-refractivity contribution in [1.82, 2.24) is 0 Å². The Hall–Kier alpha value is -0.830. The number of hydrogen-bond donors (Lipinski definition) is 0. The summed E-state index contributed by atoms with van der Waals surface area (Å²) in [4.78, 5) is 11.9. The fourth-order valence-electron chi connectivity index (χ4n) is 1.18. The largest absolute Gasteiger partial charge is 0.295 e. The number of hydrogen-bond acceptors (Lipinski definition) is 2. The third-order valence-electron chi connectivity index (χ3n) is 1.70. The Morgan fingerprint density at radius 1 is 1.27 bits per heavy atom. The van der Waals surface area contributed by atoms with Gasteiger partial charge in [-0.05, 0) is 25.1 Å². The van der Waals surface area contributed by atoms with Crippen LogP contribution in [-0.2, 0) is 0 Å². The highest BCUT2D eigenvalue weighted by Crippen LogP contribution is 2.32. The number of benzene rings is 1. The van der Waals surface area contributed by atoms with E-state index in [1.807, 2.05) is 0 Å². The van der Waals surface area contributed by atoms with Crippen molar-refractivity contribution in [3.05, 3.63) is 29.6 Å². The second-order valence-electron chi connectivity index (χ2n) is 4.45. The minimum Gasteiger partial charge on any atom is -0.295 e. The first kappa shape index (κ1) is 12.2. The van der Waals surface area contributed by atoms with Crippen molar-refractivity contribution < 1.29 is 9.18 Å². The molecule has 1 nitrogen and oxygen atoms in total. The van der Waals surface area contributed by atoms with Crippen LogP contribution in [0.25, 0.3) is 0 Å². The van der Waals surface area contributed by atoms with Crippen LogP contribution in [0.4, 0.5) is 4.39 Å². The van der Waals surface area contributed by atoms with Crippen LogP contribution in [0.3, 0.4) is 0 Å². The minimum atomic E-state index is -0.352. The van der Waals surface area contributed by atoms with Crippen LogP contribution >= 0.6 is 11.8 Å². The zero-order valence-corrected chi connectivity index (χ0v) is 10.2. The van der Waals surface area contributed by atoms with E-state index in [9.17, 15) is 9.18 Å². The van der Waals surface area contributed by atoms with Crippen molar-refractivity contribution in [2.75, 3.05) is 0 Å². The van der Waals surface area contributed by atoms with Gasteiger partial charge in [-0.15, -0.1) is 11.8 Å². The molecule has 0 saturated heterocycles. The van der Waals surface area contributed by atoms with Crippen LogP contribution in [0.5, 0.6) is 0 Å². The van der Waals surface area contributed by atoms with Gasteiger partial charge in [-0.1, -0.05) is 20.8 Å². The topological polar surface area (TPSA) is 17.1 Å². The fourth-order valence-corrected chi connectivity index (χ4v) is 2.24. The lowest BCUT2D eigenvalue weighted by Gasteiger charge is -2.17. The number of rotatable bonds is 2. The molecular formula is C12H15FOS. The highest BCUT2D eigenvalue weighted by molar-refractivity contribution is 8.00. The van der Waals surface area contributed by atoms with E-state index in [0.29, 0.717) is 5.56 Å². The smallest absolute Gasteiger partial charge is 0.159 e. The highest BCUT2D eigenvalue weighted by Gasteiger charge is 2.14. The Morgan fingerprint density at radius 3 is 2.33 bits per heavy atom. The lowest BCUT2D eigenvalue weighted by molar-refractivity contribution is 0.101. The summed E-state index contributed by atoms with van der Waals surface area (Å²) in [6, 6.07) is 4.47. The molecule has 0 bridgehead atoms. The first-order chi connectivity index (χ1) is 6.78. The summed E-state index contributed by atoms with van der Waals surface area (Å²) in [7, 11) is 0. The summed E-state index contributed by atoms with van der Waals surface area (Å²) in [5.41, 5.74) is 0.432. The molecule has 3 heteroatoms. The maximum atomic E-state index is 13.2. The summed E-state index contributed by atoms with van der Waals surface area (Å²) in [6.45, 7) is 7.60. The normalized spacial score (nSPS) is 11.5. The number of ketones is 1. The van der Waals surface area contributed by atoms with Gasteiger partial charge in [-0.3, -0.25) is 4.79 Å². The van der Waals surface area contributed by atoms with E-state index in [1.54, 1.807) is 17.8 Å². The predicted octanol–water partition coefficient (Wildman–Crippen LogP) is 3.92. The van der Waals surface area contributed by atoms with E-state index < -0.39 is 0 Å². The van der Waals surface area contributed by atoms with Crippen LogP contribution in [0, 0.1) is 5.82 Å². The van der Waals surface area contributed by atoms with Crippen LogP contribution in [-0.4, -0.2) is 10.5 Å². The first-order valence-electron chi connectivity index (χ1n) is 4.78. The summed E-state index contributed by atoms with van der Waals surface area (Å²) in [5.74, 6) is -0.459. The maximum Gasteiger partial charge on any atom is 0.159 e. The van der Waals surface area contributed by atoms with Gasteiger partial charge in [0, 0.05) is 15.2 Å². The molecule has 82 valence electrons. The molecule has 0 unspecified atom stereocenters. The Balaban J connectivity index is 3.04. The lowest BCUT2D eigenvalue weighted by atomic mass is 10.1. The van der Waals surface area contributed by atoms with Crippen LogP contribution in [0.1, 0.15) is 38.1 Å². The molecule has 0 aliphatic rings. The van der Waals surface area contributed by atoms with Gasteiger partial charge in [0.1, 0.15) is 5.82 Å². The molecule has 0 aliphatic heterocycles. The van der Waals surface area contributed by atoms with Crippen molar-refractivity contribution in [3.63, 3.8) is 0 Å². The van der Waals surface area contributed by atoms with Crippen molar-refractivity contribution in [2.45, 2.75) is 37.3 Å². The van der Waals surface area contributed by atoms with E-state index in [2.05, 4.69) is 20.8 Å². The summed E-state index contributed by atoms with van der Waals surface area (Å²) >= 11 is 1.55. The third-order valence-corrected chi connectivity index (χ3v) is 2.79. The first-order valence-corrected chi connectivity index (χ1v) is 5.60. The zero-order chi connectivity index (χ0) is 11.6. The van der Waals surface area contributed by atoms with Crippen molar-refractivity contribution in [2.24, 2.45) is 0 Å². The predicted molar refractivity (Wildman–Crippen MR) is 62.0 cm³/mol. The molecule has 0 amide bonds. The molecule has 0 fully saturated rings. The average Bonchev–Trinajstić information content (AvgIpc) is 1.99. The molecule has 15 heavy (non-hydrogen) atoms. The van der Waals surface area contributed by atoms with Gasteiger partial charge in [0.2, 0.25) is 0 Å². The lowest BCUT2D eigenvalue weighted by Crippen LogP contribution is -2.07. The molecule has 1 aromatic rings. The maximum absolute atomic E-state index is 13.2. The van der Waals surface area contributed by atoms with Gasteiger partial charge in [0.25, 0.3) is 0 Å². The molecule has 0 aliphatic carbocycles. The monoisotopic (exact) mass is 226 g/mol. The standard InChI is InChI=1S/C12H15FOS/c1-8(14)9-5-10(13)7-11(6-9)15-12(2,3)4/h5-7H,1-4H3. The Morgan fingerprint density at radius 2 is 1.87 bits per heavy atom. The van der Waals surface area contributed by atoms with Gasteiger partial charge in [0.15, 0.2) is 5.78 Å². The molecule has 0 atom stereocenters. The second kappa shape index (κ2) is 4.35. The fraction of sp³-hybridized carbons (Fsp3) is 0.417. The van der Waals surface area contributed by atoms with E-state index >= 15 is 0 Å². The number of carbonyl (C=O) groups is 1. The molecule has 1 rings (SSSR count). The Labute approximate surface area is 94.1 Å². The van der Waals surface area contributed by atoms with Gasteiger partial charge in [0.05, 0.1) is 0 Å². The SMILES string of the molecule is CC(=O)c1cc(F)cc(SC(C)(C)C)c1. The highest BCUT2D eigenvalue weighted by atomic mass is 32.2. The summed E-state index contributed by atoms with van der Waals surface area (Å²) in [6.07, 6.45) is 0. The number of thioether (sulfide) groups is 1. The number of carbonyl (C=O) groups excluding carboxylic acids is 1. The Kier molecular flexibility index (Phi) is 3.55. The quantitative estimate of drug-likeness (QED) is 0.561. The zero-order valence-electron chi connectivity index (χ0n) is 9.43. The Bertz CT molecular complexity index is 380. The molecule has 0 aromatic heterocycles. The molecular weight excluding hydrogens is 211 g/mol. The van der Waals surface area contributed by atoms with E-state index in [-0.39, 0.29) is 16.3 Å². The summed E-state index contributed by atoms with van der Waals surface area (Å²) in [5, 5.41) is 0. The molecule has 0 N–H and O–H groups in total. The number of halogens is 1. The van der Waals surface area contributed by atoms with Gasteiger partial charge >= 0.3 is 0 Å². The van der Waals surface area contributed by atoms with Crippen LogP contribution < -0.4 is 0 Å². The van der Waals surface area contributed by atoms with Crippen molar-refractivity contribution >= 4 is 17.5 Å². The number of Topliss-reactive ketones (excluding diaryl/α,β-unsaturated/α-hetero) is 1. The second-order valence-corrected chi connectivity index (χ2v) is 6.35.